The molecule has 114 valence electrons. The van der Waals surface area contributed by atoms with Gasteiger partial charge in [-0.15, -0.1) is 0 Å². The lowest BCUT2D eigenvalue weighted by Crippen LogP contribution is -2.28. The SMILES string of the molecule is N#Cc1ccc(F)cc1N1CCC(F)(C#Cc2ccccn2)C1. The second-order valence-electron chi connectivity index (χ2n) is 5.38. The monoisotopic (exact) mass is 309 g/mol. The van der Waals surface area contributed by atoms with Crippen LogP contribution in [0, 0.1) is 29.0 Å². The highest BCUT2D eigenvalue weighted by Crippen LogP contribution is 2.31. The molecule has 1 aromatic carbocycles. The molecule has 1 aromatic heterocycles. The molecule has 23 heavy (non-hydrogen) atoms. The summed E-state index contributed by atoms with van der Waals surface area (Å²) in [4.78, 5) is 5.70. The van der Waals surface area contributed by atoms with Gasteiger partial charge in [0.2, 0.25) is 0 Å². The lowest BCUT2D eigenvalue weighted by atomic mass is 10.1. The van der Waals surface area contributed by atoms with Crippen LogP contribution in [-0.2, 0) is 0 Å². The van der Waals surface area contributed by atoms with Crippen LogP contribution in [0.25, 0.3) is 0 Å². The van der Waals surface area contributed by atoms with E-state index in [1.807, 2.05) is 6.07 Å². The first-order chi connectivity index (χ1) is 11.1. The van der Waals surface area contributed by atoms with Crippen LogP contribution in [0.4, 0.5) is 14.5 Å². The fourth-order valence-corrected chi connectivity index (χ4v) is 2.55. The second kappa shape index (κ2) is 6.06. The molecule has 0 spiro atoms. The number of alkyl halides is 1. The molecule has 1 aliphatic heterocycles. The number of anilines is 1. The first-order valence-corrected chi connectivity index (χ1v) is 7.17. The Bertz CT molecular complexity index is 818. The number of pyridine rings is 1. The molecule has 0 saturated carbocycles. The summed E-state index contributed by atoms with van der Waals surface area (Å²) in [6.07, 6.45) is 1.80. The number of rotatable bonds is 1. The maximum Gasteiger partial charge on any atom is 0.190 e. The molecule has 0 aliphatic carbocycles. The van der Waals surface area contributed by atoms with E-state index < -0.39 is 11.5 Å². The third kappa shape index (κ3) is 3.30. The lowest BCUT2D eigenvalue weighted by molar-refractivity contribution is 0.274. The molecule has 1 fully saturated rings. The van der Waals surface area contributed by atoms with Crippen LogP contribution in [0.1, 0.15) is 17.7 Å². The summed E-state index contributed by atoms with van der Waals surface area (Å²) in [6.45, 7) is 0.385. The molecule has 1 aliphatic rings. The van der Waals surface area contributed by atoms with Gasteiger partial charge < -0.3 is 4.90 Å². The van der Waals surface area contributed by atoms with Gasteiger partial charge in [-0.2, -0.15) is 5.26 Å². The molecule has 3 rings (SSSR count). The molecule has 2 aromatic rings. The molecule has 3 nitrogen and oxygen atoms in total. The van der Waals surface area contributed by atoms with Crippen LogP contribution in [0.2, 0.25) is 0 Å². The van der Waals surface area contributed by atoms with Gasteiger partial charge in [-0.1, -0.05) is 12.0 Å². The molecule has 0 radical (unpaired) electrons. The molecule has 2 heterocycles. The summed E-state index contributed by atoms with van der Waals surface area (Å²) >= 11 is 0. The van der Waals surface area contributed by atoms with Crippen molar-refractivity contribution in [3.8, 4) is 17.9 Å². The minimum atomic E-state index is -1.70. The third-order valence-corrected chi connectivity index (χ3v) is 3.72. The topological polar surface area (TPSA) is 39.9 Å². The van der Waals surface area contributed by atoms with Crippen molar-refractivity contribution in [2.24, 2.45) is 0 Å². The summed E-state index contributed by atoms with van der Waals surface area (Å²) in [6, 6.07) is 11.2. The van der Waals surface area contributed by atoms with Crippen LogP contribution < -0.4 is 4.90 Å². The largest absolute Gasteiger partial charge is 0.366 e. The van der Waals surface area contributed by atoms with Gasteiger partial charge in [-0.3, -0.25) is 0 Å². The number of nitriles is 1. The average Bonchev–Trinajstić information content (AvgIpc) is 2.97. The van der Waals surface area contributed by atoms with Crippen LogP contribution in [0.5, 0.6) is 0 Å². The van der Waals surface area contributed by atoms with Crippen molar-refractivity contribution in [1.29, 1.82) is 5.26 Å². The molecule has 0 amide bonds. The van der Waals surface area contributed by atoms with Gasteiger partial charge in [-0.05, 0) is 36.3 Å². The Labute approximate surface area is 133 Å². The standard InChI is InChI=1S/C18H13F2N3/c19-15-5-4-14(12-21)17(11-15)23-10-8-18(20,13-23)7-6-16-3-1-2-9-22-16/h1-5,9,11H,8,10,13H2. The molecule has 5 heteroatoms. The Balaban J connectivity index is 1.82. The molecule has 1 saturated heterocycles. The van der Waals surface area contributed by atoms with E-state index in [9.17, 15) is 8.78 Å². The number of benzene rings is 1. The van der Waals surface area contributed by atoms with E-state index >= 15 is 0 Å². The summed E-state index contributed by atoms with van der Waals surface area (Å²) in [5, 5.41) is 9.12. The van der Waals surface area contributed by atoms with Crippen LogP contribution in [0.15, 0.2) is 42.6 Å². The zero-order chi connectivity index (χ0) is 16.3. The number of hydrogen-bond donors (Lipinski definition) is 0. The average molecular weight is 309 g/mol. The summed E-state index contributed by atoms with van der Waals surface area (Å²) in [5.74, 6) is 4.92. The van der Waals surface area contributed by atoms with Crippen molar-refractivity contribution in [1.82, 2.24) is 4.98 Å². The van der Waals surface area contributed by atoms with Gasteiger partial charge in [0, 0.05) is 19.2 Å². The number of halogens is 2. The van der Waals surface area contributed by atoms with Crippen molar-refractivity contribution < 1.29 is 8.78 Å². The van der Waals surface area contributed by atoms with Crippen molar-refractivity contribution in [2.75, 3.05) is 18.0 Å². The van der Waals surface area contributed by atoms with Gasteiger partial charge in [0.15, 0.2) is 5.67 Å². The Morgan fingerprint density at radius 2 is 2.13 bits per heavy atom. The van der Waals surface area contributed by atoms with Gasteiger partial charge >= 0.3 is 0 Å². The molecule has 0 bridgehead atoms. The quantitative estimate of drug-likeness (QED) is 0.760. The van der Waals surface area contributed by atoms with Crippen LogP contribution in [-0.4, -0.2) is 23.7 Å². The Hall–Kier alpha value is -2.92. The molecule has 1 unspecified atom stereocenters. The first kappa shape index (κ1) is 15.0. The number of hydrogen-bond acceptors (Lipinski definition) is 3. The zero-order valence-electron chi connectivity index (χ0n) is 12.3. The van der Waals surface area contributed by atoms with Gasteiger partial charge in [-0.25, -0.2) is 13.8 Å². The fraction of sp³-hybridized carbons (Fsp3) is 0.222. The molecular formula is C18H13F2N3. The van der Waals surface area contributed by atoms with Gasteiger partial charge in [0.25, 0.3) is 0 Å². The van der Waals surface area contributed by atoms with Crippen molar-refractivity contribution in [3.05, 3.63) is 59.7 Å². The Morgan fingerprint density at radius 1 is 1.26 bits per heavy atom. The molecule has 1 atom stereocenters. The highest BCUT2D eigenvalue weighted by Gasteiger charge is 2.37. The third-order valence-electron chi connectivity index (χ3n) is 3.72. The second-order valence-corrected chi connectivity index (χ2v) is 5.38. The van der Waals surface area contributed by atoms with E-state index in [-0.39, 0.29) is 13.0 Å². The number of nitrogens with zero attached hydrogens (tertiary/aromatic N) is 3. The Kier molecular flexibility index (Phi) is 3.95. The first-order valence-electron chi connectivity index (χ1n) is 7.17. The minimum absolute atomic E-state index is 0.00493. The van der Waals surface area contributed by atoms with E-state index in [0.29, 0.717) is 23.5 Å². The molecular weight excluding hydrogens is 296 g/mol. The van der Waals surface area contributed by atoms with E-state index in [4.69, 9.17) is 5.26 Å². The number of aromatic nitrogens is 1. The van der Waals surface area contributed by atoms with Gasteiger partial charge in [0.05, 0.1) is 17.8 Å². The maximum atomic E-state index is 14.9. The van der Waals surface area contributed by atoms with Gasteiger partial charge in [0.1, 0.15) is 17.6 Å². The lowest BCUT2D eigenvalue weighted by Gasteiger charge is -2.20. The maximum absolute atomic E-state index is 14.9. The zero-order valence-corrected chi connectivity index (χ0v) is 12.3. The van der Waals surface area contributed by atoms with E-state index in [2.05, 4.69) is 16.8 Å². The normalized spacial score (nSPS) is 19.8. The smallest absolute Gasteiger partial charge is 0.190 e. The van der Waals surface area contributed by atoms with E-state index in [1.165, 1.54) is 18.2 Å². The van der Waals surface area contributed by atoms with E-state index in [0.717, 1.165) is 0 Å². The van der Waals surface area contributed by atoms with Crippen molar-refractivity contribution >= 4 is 5.69 Å². The summed E-state index contributed by atoms with van der Waals surface area (Å²) in [7, 11) is 0. The highest BCUT2D eigenvalue weighted by atomic mass is 19.1. The highest BCUT2D eigenvalue weighted by molar-refractivity contribution is 5.61. The minimum Gasteiger partial charge on any atom is -0.366 e. The summed E-state index contributed by atoms with van der Waals surface area (Å²) < 4.78 is 28.3. The van der Waals surface area contributed by atoms with Crippen molar-refractivity contribution in [2.45, 2.75) is 12.1 Å². The molecule has 0 N–H and O–H groups in total. The van der Waals surface area contributed by atoms with Crippen molar-refractivity contribution in [3.63, 3.8) is 0 Å². The fourth-order valence-electron chi connectivity index (χ4n) is 2.55. The van der Waals surface area contributed by atoms with Crippen LogP contribution >= 0.6 is 0 Å². The van der Waals surface area contributed by atoms with Crippen LogP contribution in [0.3, 0.4) is 0 Å². The summed E-state index contributed by atoms with van der Waals surface area (Å²) in [5.41, 5.74) is -0.456. The predicted molar refractivity (Wildman–Crippen MR) is 82.9 cm³/mol. The predicted octanol–water partition coefficient (Wildman–Crippen LogP) is 3.06. The Morgan fingerprint density at radius 3 is 2.87 bits per heavy atom. The van der Waals surface area contributed by atoms with E-state index in [1.54, 1.807) is 29.3 Å².